The molecular weight excluding hydrogens is 266 g/mol. The number of rotatable bonds is 6. The molecule has 3 atom stereocenters. The van der Waals surface area contributed by atoms with Gasteiger partial charge in [0.2, 0.25) is 0 Å². The van der Waals surface area contributed by atoms with Crippen LogP contribution in [0.3, 0.4) is 0 Å². The summed E-state index contributed by atoms with van der Waals surface area (Å²) in [5.41, 5.74) is 2.88. The number of nitrogens with zero attached hydrogens (tertiary/aromatic N) is 1. The molecule has 3 rings (SSSR count). The Morgan fingerprint density at radius 1 is 1.38 bits per heavy atom. The third kappa shape index (κ3) is 2.83. The van der Waals surface area contributed by atoms with Gasteiger partial charge in [-0.05, 0) is 30.5 Å². The van der Waals surface area contributed by atoms with Crippen molar-refractivity contribution in [2.24, 2.45) is 5.92 Å². The van der Waals surface area contributed by atoms with Gasteiger partial charge >= 0.3 is 5.97 Å². The summed E-state index contributed by atoms with van der Waals surface area (Å²) in [6, 6.07) is 8.59. The summed E-state index contributed by atoms with van der Waals surface area (Å²) >= 11 is 0. The van der Waals surface area contributed by atoms with E-state index in [1.54, 1.807) is 0 Å². The van der Waals surface area contributed by atoms with Gasteiger partial charge in [0, 0.05) is 18.5 Å². The third-order valence-corrected chi connectivity index (χ3v) is 4.76. The number of carbonyl (C=O) groups is 1. The van der Waals surface area contributed by atoms with E-state index >= 15 is 0 Å². The Hall–Kier alpha value is -1.39. The van der Waals surface area contributed by atoms with Crippen molar-refractivity contribution in [1.29, 1.82) is 0 Å². The topological polar surface area (TPSA) is 49.8 Å². The number of benzene rings is 1. The van der Waals surface area contributed by atoms with Gasteiger partial charge in [0.25, 0.3) is 0 Å². The lowest BCUT2D eigenvalue weighted by molar-refractivity contribution is -0.143. The van der Waals surface area contributed by atoms with E-state index < -0.39 is 5.97 Å². The fourth-order valence-electron chi connectivity index (χ4n) is 3.63. The predicted molar refractivity (Wildman–Crippen MR) is 80.5 cm³/mol. The van der Waals surface area contributed by atoms with Gasteiger partial charge in [0.1, 0.15) is 0 Å². The SMILES string of the molecule is CCCN(CC1Cc2ccccc21)C1COCC1C(=O)O. The van der Waals surface area contributed by atoms with Crippen LogP contribution in [-0.2, 0) is 16.0 Å². The monoisotopic (exact) mass is 289 g/mol. The normalized spacial score (nSPS) is 27.4. The highest BCUT2D eigenvalue weighted by Gasteiger charge is 2.39. The first-order chi connectivity index (χ1) is 10.2. The molecule has 1 aromatic carbocycles. The molecular formula is C17H23NO3. The minimum absolute atomic E-state index is 0.0233. The van der Waals surface area contributed by atoms with Gasteiger partial charge in [-0.2, -0.15) is 0 Å². The number of hydrogen-bond acceptors (Lipinski definition) is 3. The number of ether oxygens (including phenoxy) is 1. The van der Waals surface area contributed by atoms with Crippen molar-refractivity contribution in [3.8, 4) is 0 Å². The van der Waals surface area contributed by atoms with Crippen molar-refractivity contribution in [2.75, 3.05) is 26.3 Å². The molecule has 0 aromatic heterocycles. The third-order valence-electron chi connectivity index (χ3n) is 4.76. The van der Waals surface area contributed by atoms with Crippen molar-refractivity contribution in [3.63, 3.8) is 0 Å². The van der Waals surface area contributed by atoms with Crippen LogP contribution in [0.1, 0.15) is 30.4 Å². The molecule has 1 aliphatic carbocycles. The lowest BCUT2D eigenvalue weighted by Gasteiger charge is -2.38. The molecule has 0 bridgehead atoms. The molecule has 1 fully saturated rings. The van der Waals surface area contributed by atoms with Crippen molar-refractivity contribution in [3.05, 3.63) is 35.4 Å². The molecule has 0 spiro atoms. The lowest BCUT2D eigenvalue weighted by atomic mass is 9.77. The van der Waals surface area contributed by atoms with Crippen molar-refractivity contribution < 1.29 is 14.6 Å². The molecule has 1 saturated heterocycles. The zero-order chi connectivity index (χ0) is 14.8. The number of carboxylic acids is 1. The van der Waals surface area contributed by atoms with Crippen LogP contribution in [-0.4, -0.2) is 48.3 Å². The highest BCUT2D eigenvalue weighted by molar-refractivity contribution is 5.71. The van der Waals surface area contributed by atoms with Gasteiger partial charge in [0.05, 0.1) is 19.1 Å². The van der Waals surface area contributed by atoms with Crippen molar-refractivity contribution in [1.82, 2.24) is 4.90 Å². The minimum atomic E-state index is -0.729. The van der Waals surface area contributed by atoms with Crippen molar-refractivity contribution in [2.45, 2.75) is 31.7 Å². The highest BCUT2D eigenvalue weighted by atomic mass is 16.5. The van der Waals surface area contributed by atoms with Crippen molar-refractivity contribution >= 4 is 5.97 Å². The Morgan fingerprint density at radius 3 is 2.90 bits per heavy atom. The van der Waals surface area contributed by atoms with Crippen LogP contribution in [0.2, 0.25) is 0 Å². The Balaban J connectivity index is 1.70. The van der Waals surface area contributed by atoms with Crippen LogP contribution in [0.15, 0.2) is 24.3 Å². The second kappa shape index (κ2) is 6.16. The number of hydrogen-bond donors (Lipinski definition) is 1. The van der Waals surface area contributed by atoms with Gasteiger partial charge < -0.3 is 9.84 Å². The van der Waals surface area contributed by atoms with Gasteiger partial charge in [-0.15, -0.1) is 0 Å². The van der Waals surface area contributed by atoms with Gasteiger partial charge in [0.15, 0.2) is 0 Å². The van der Waals surface area contributed by atoms with E-state index in [2.05, 4.69) is 36.1 Å². The van der Waals surface area contributed by atoms with Gasteiger partial charge in [-0.1, -0.05) is 31.2 Å². The summed E-state index contributed by atoms with van der Waals surface area (Å²) in [6.45, 7) is 4.93. The Labute approximate surface area is 125 Å². The minimum Gasteiger partial charge on any atom is -0.481 e. The Kier molecular flexibility index (Phi) is 4.27. The molecule has 3 unspecified atom stereocenters. The molecule has 1 aliphatic heterocycles. The largest absolute Gasteiger partial charge is 0.481 e. The van der Waals surface area contributed by atoms with E-state index in [9.17, 15) is 9.90 Å². The fourth-order valence-corrected chi connectivity index (χ4v) is 3.63. The standard InChI is InChI=1S/C17H23NO3/c1-2-7-18(16-11-21-10-15(16)17(19)20)9-13-8-12-5-3-4-6-14(12)13/h3-6,13,15-16H,2,7-11H2,1H3,(H,19,20). The first kappa shape index (κ1) is 14.5. The van der Waals surface area contributed by atoms with E-state index in [0.29, 0.717) is 19.1 Å². The van der Waals surface area contributed by atoms with E-state index in [-0.39, 0.29) is 12.0 Å². The molecule has 114 valence electrons. The average molecular weight is 289 g/mol. The Morgan fingerprint density at radius 2 is 2.19 bits per heavy atom. The molecule has 0 radical (unpaired) electrons. The molecule has 0 amide bonds. The maximum absolute atomic E-state index is 11.4. The van der Waals surface area contributed by atoms with E-state index in [4.69, 9.17) is 4.74 Å². The number of fused-ring (bicyclic) bond motifs is 1. The maximum Gasteiger partial charge on any atom is 0.310 e. The molecule has 2 aliphatic rings. The first-order valence-electron chi connectivity index (χ1n) is 7.83. The lowest BCUT2D eigenvalue weighted by Crippen LogP contribution is -2.46. The van der Waals surface area contributed by atoms with Crippen LogP contribution < -0.4 is 0 Å². The highest BCUT2D eigenvalue weighted by Crippen LogP contribution is 2.36. The predicted octanol–water partition coefficient (Wildman–Crippen LogP) is 2.14. The van der Waals surface area contributed by atoms with Gasteiger partial charge in [-0.3, -0.25) is 9.69 Å². The van der Waals surface area contributed by atoms with E-state index in [1.165, 1.54) is 11.1 Å². The molecule has 21 heavy (non-hydrogen) atoms. The van der Waals surface area contributed by atoms with Crippen LogP contribution in [0.4, 0.5) is 0 Å². The first-order valence-corrected chi connectivity index (χ1v) is 7.83. The quantitative estimate of drug-likeness (QED) is 0.871. The second-order valence-electron chi connectivity index (χ2n) is 6.14. The average Bonchev–Trinajstić information content (AvgIpc) is 2.93. The molecule has 4 heteroatoms. The molecule has 1 heterocycles. The Bertz CT molecular complexity index is 517. The van der Waals surface area contributed by atoms with Crippen LogP contribution in [0.25, 0.3) is 0 Å². The smallest absolute Gasteiger partial charge is 0.310 e. The zero-order valence-corrected chi connectivity index (χ0v) is 12.5. The second-order valence-corrected chi connectivity index (χ2v) is 6.14. The maximum atomic E-state index is 11.4. The zero-order valence-electron chi connectivity index (χ0n) is 12.5. The fraction of sp³-hybridized carbons (Fsp3) is 0.588. The van der Waals surface area contributed by atoms with Crippen LogP contribution in [0, 0.1) is 5.92 Å². The molecule has 0 saturated carbocycles. The summed E-state index contributed by atoms with van der Waals surface area (Å²) in [4.78, 5) is 13.7. The van der Waals surface area contributed by atoms with Crippen LogP contribution in [0.5, 0.6) is 0 Å². The summed E-state index contributed by atoms with van der Waals surface area (Å²) < 4.78 is 5.44. The molecule has 1 aromatic rings. The molecule has 1 N–H and O–H groups in total. The summed E-state index contributed by atoms with van der Waals surface area (Å²) in [6.07, 6.45) is 2.15. The number of aliphatic carboxylic acids is 1. The van der Waals surface area contributed by atoms with Gasteiger partial charge in [-0.25, -0.2) is 0 Å². The number of carboxylic acid groups (broad SMARTS) is 1. The summed E-state index contributed by atoms with van der Waals surface area (Å²) in [7, 11) is 0. The van der Waals surface area contributed by atoms with E-state index in [1.807, 2.05) is 0 Å². The summed E-state index contributed by atoms with van der Waals surface area (Å²) in [5, 5.41) is 9.36. The summed E-state index contributed by atoms with van der Waals surface area (Å²) in [5.74, 6) is -0.567. The van der Waals surface area contributed by atoms with E-state index in [0.717, 1.165) is 25.9 Å². The molecule has 4 nitrogen and oxygen atoms in total. The van der Waals surface area contributed by atoms with Crippen LogP contribution >= 0.6 is 0 Å².